The average molecular weight is 148 g/mol. The van der Waals surface area contributed by atoms with Crippen LogP contribution in [0.1, 0.15) is 5.56 Å². The summed E-state index contributed by atoms with van der Waals surface area (Å²) in [6.45, 7) is 3.57. The molecule has 0 saturated heterocycles. The summed E-state index contributed by atoms with van der Waals surface area (Å²) in [5, 5.41) is 4.33. The van der Waals surface area contributed by atoms with Crippen molar-refractivity contribution in [2.24, 2.45) is 0 Å². The van der Waals surface area contributed by atoms with Gasteiger partial charge in [-0.1, -0.05) is 29.9 Å². The van der Waals surface area contributed by atoms with Crippen LogP contribution in [0.5, 0.6) is 5.75 Å². The average Bonchev–Trinajstić information content (AvgIpc) is 2.04. The fourth-order valence-corrected chi connectivity index (χ4v) is 1.19. The molecule has 1 heterocycles. The van der Waals surface area contributed by atoms with Gasteiger partial charge < -0.3 is 10.1 Å². The maximum Gasteiger partial charge on any atom is 0.104 e. The number of rotatable bonds is 0. The van der Waals surface area contributed by atoms with Gasteiger partial charge in [0.1, 0.15) is 5.75 Å². The molecule has 0 unspecified atom stereocenters. The summed E-state index contributed by atoms with van der Waals surface area (Å²) in [5.74, 6) is 0.918. The van der Waals surface area contributed by atoms with Crippen LogP contribution in [0.2, 0.25) is 0 Å². The molecule has 11 heavy (non-hydrogen) atoms. The van der Waals surface area contributed by atoms with Gasteiger partial charge in [-0.15, -0.1) is 0 Å². The highest BCUT2D eigenvalue weighted by Gasteiger charge is 1.99. The number of nitrogens with zero attached hydrogens (tertiary/aromatic N) is 1. The van der Waals surface area contributed by atoms with Crippen LogP contribution in [0.25, 0.3) is 5.32 Å². The molecule has 1 aliphatic heterocycles. The predicted molar refractivity (Wildman–Crippen MR) is 44.6 cm³/mol. The minimum Gasteiger partial charge on any atom is -0.679 e. The molecule has 2 nitrogen and oxygen atoms in total. The van der Waals surface area contributed by atoms with Gasteiger partial charge in [0.15, 0.2) is 0 Å². The van der Waals surface area contributed by atoms with E-state index >= 15 is 0 Å². The largest absolute Gasteiger partial charge is 0.679 e. The van der Waals surface area contributed by atoms with E-state index in [0.717, 1.165) is 24.6 Å². The zero-order valence-electron chi connectivity index (χ0n) is 6.50. The Labute approximate surface area is 66.2 Å². The van der Waals surface area contributed by atoms with Crippen molar-refractivity contribution in [2.75, 3.05) is 13.2 Å². The zero-order chi connectivity index (χ0) is 7.68. The molecule has 2 heteroatoms. The molecular formula is C9H10NO-. The van der Waals surface area contributed by atoms with Crippen molar-refractivity contribution in [2.45, 2.75) is 6.92 Å². The lowest BCUT2D eigenvalue weighted by Gasteiger charge is -2.30. The number of aryl methyl sites for hydroxylation is 1. The van der Waals surface area contributed by atoms with E-state index in [1.165, 1.54) is 5.56 Å². The van der Waals surface area contributed by atoms with Gasteiger partial charge in [0.05, 0.1) is 6.61 Å². The predicted octanol–water partition coefficient (Wildman–Crippen LogP) is 2.39. The van der Waals surface area contributed by atoms with Crippen LogP contribution in [-0.2, 0) is 0 Å². The van der Waals surface area contributed by atoms with Crippen LogP contribution in [0.3, 0.4) is 0 Å². The van der Waals surface area contributed by atoms with Crippen LogP contribution in [0.4, 0.5) is 5.69 Å². The summed E-state index contributed by atoms with van der Waals surface area (Å²) < 4.78 is 5.38. The van der Waals surface area contributed by atoms with Gasteiger partial charge in [0.25, 0.3) is 0 Å². The minimum atomic E-state index is 0.718. The Kier molecular flexibility index (Phi) is 1.46. The van der Waals surface area contributed by atoms with Crippen molar-refractivity contribution in [1.29, 1.82) is 0 Å². The molecule has 0 fully saturated rings. The quantitative estimate of drug-likeness (QED) is 0.554. The number of hydrogen-bond acceptors (Lipinski definition) is 1. The summed E-state index contributed by atoms with van der Waals surface area (Å²) >= 11 is 0. The molecular weight excluding hydrogens is 138 g/mol. The number of benzene rings is 1. The Morgan fingerprint density at radius 2 is 2.36 bits per heavy atom. The van der Waals surface area contributed by atoms with Crippen LogP contribution in [0, 0.1) is 6.92 Å². The molecule has 2 rings (SSSR count). The minimum absolute atomic E-state index is 0.718. The second kappa shape index (κ2) is 2.46. The smallest absolute Gasteiger partial charge is 0.104 e. The first-order chi connectivity index (χ1) is 5.36. The topological polar surface area (TPSA) is 23.3 Å². The second-order valence-electron chi connectivity index (χ2n) is 2.70. The first-order valence-electron chi connectivity index (χ1n) is 3.77. The Morgan fingerprint density at radius 1 is 1.45 bits per heavy atom. The van der Waals surface area contributed by atoms with Crippen molar-refractivity contribution in [1.82, 2.24) is 0 Å². The molecule has 0 spiro atoms. The first-order valence-corrected chi connectivity index (χ1v) is 3.77. The van der Waals surface area contributed by atoms with E-state index in [4.69, 9.17) is 4.74 Å². The van der Waals surface area contributed by atoms with Gasteiger partial charge in [0, 0.05) is 0 Å². The van der Waals surface area contributed by atoms with Crippen molar-refractivity contribution in [3.05, 3.63) is 29.1 Å². The monoisotopic (exact) mass is 148 g/mol. The molecule has 0 aliphatic carbocycles. The third kappa shape index (κ3) is 1.16. The maximum atomic E-state index is 5.38. The van der Waals surface area contributed by atoms with Crippen LogP contribution < -0.4 is 4.74 Å². The number of ether oxygens (including phenoxy) is 1. The molecule has 1 aromatic rings. The van der Waals surface area contributed by atoms with Crippen molar-refractivity contribution in [3.8, 4) is 5.75 Å². The lowest BCUT2D eigenvalue weighted by atomic mass is 10.2. The van der Waals surface area contributed by atoms with Crippen molar-refractivity contribution < 1.29 is 4.74 Å². The highest BCUT2D eigenvalue weighted by molar-refractivity contribution is 5.62. The Morgan fingerprint density at radius 3 is 3.27 bits per heavy atom. The summed E-state index contributed by atoms with van der Waals surface area (Å²) in [6.07, 6.45) is 0. The Balaban J connectivity index is 2.43. The molecule has 0 atom stereocenters. The zero-order valence-corrected chi connectivity index (χ0v) is 6.50. The van der Waals surface area contributed by atoms with Crippen molar-refractivity contribution in [3.63, 3.8) is 0 Å². The second-order valence-corrected chi connectivity index (χ2v) is 2.70. The third-order valence-electron chi connectivity index (χ3n) is 1.75. The molecule has 0 amide bonds. The summed E-state index contributed by atoms with van der Waals surface area (Å²) in [4.78, 5) is 0. The van der Waals surface area contributed by atoms with Gasteiger partial charge >= 0.3 is 0 Å². The molecule has 0 bridgehead atoms. The summed E-state index contributed by atoms with van der Waals surface area (Å²) in [6, 6.07) is 6.07. The van der Waals surface area contributed by atoms with Gasteiger partial charge in [0.2, 0.25) is 0 Å². The molecule has 0 radical (unpaired) electrons. The normalized spacial score (nSPS) is 14.6. The van der Waals surface area contributed by atoms with E-state index in [2.05, 4.69) is 18.3 Å². The SMILES string of the molecule is Cc1ccc2c(c1)[N-]CCO2. The van der Waals surface area contributed by atoms with Gasteiger partial charge in [-0.05, 0) is 13.0 Å². The highest BCUT2D eigenvalue weighted by atomic mass is 16.5. The van der Waals surface area contributed by atoms with E-state index in [1.807, 2.05) is 12.1 Å². The van der Waals surface area contributed by atoms with E-state index in [9.17, 15) is 0 Å². The highest BCUT2D eigenvalue weighted by Crippen LogP contribution is 2.34. The van der Waals surface area contributed by atoms with Crippen LogP contribution >= 0.6 is 0 Å². The van der Waals surface area contributed by atoms with Crippen LogP contribution in [0.15, 0.2) is 18.2 Å². The van der Waals surface area contributed by atoms with Crippen molar-refractivity contribution >= 4 is 5.69 Å². The number of fused-ring (bicyclic) bond motifs is 1. The molecule has 0 aromatic heterocycles. The van der Waals surface area contributed by atoms with Gasteiger partial charge in [-0.3, -0.25) is 0 Å². The number of hydrogen-bond donors (Lipinski definition) is 0. The van der Waals surface area contributed by atoms with E-state index < -0.39 is 0 Å². The van der Waals surface area contributed by atoms with Gasteiger partial charge in [-0.2, -0.15) is 0 Å². The first kappa shape index (κ1) is 6.53. The third-order valence-corrected chi connectivity index (χ3v) is 1.75. The fourth-order valence-electron chi connectivity index (χ4n) is 1.19. The lowest BCUT2D eigenvalue weighted by molar-refractivity contribution is 0.327. The van der Waals surface area contributed by atoms with Crippen LogP contribution in [-0.4, -0.2) is 13.2 Å². The summed E-state index contributed by atoms with van der Waals surface area (Å²) in [5.41, 5.74) is 2.23. The van der Waals surface area contributed by atoms with E-state index in [0.29, 0.717) is 0 Å². The summed E-state index contributed by atoms with van der Waals surface area (Å²) in [7, 11) is 0. The maximum absolute atomic E-state index is 5.38. The Bertz CT molecular complexity index is 270. The van der Waals surface area contributed by atoms with E-state index in [1.54, 1.807) is 0 Å². The Hall–Kier alpha value is -1.18. The lowest BCUT2D eigenvalue weighted by Crippen LogP contribution is -2.06. The molecule has 0 saturated carbocycles. The molecule has 1 aliphatic rings. The van der Waals surface area contributed by atoms with Gasteiger partial charge in [-0.25, -0.2) is 0 Å². The standard InChI is InChI=1S/C9H10NO/c1-7-2-3-9-8(6-7)10-4-5-11-9/h2-3,6H,4-5H2,1H3/q-1. The van der Waals surface area contributed by atoms with E-state index in [-0.39, 0.29) is 0 Å². The fraction of sp³-hybridized carbons (Fsp3) is 0.333. The molecule has 0 N–H and O–H groups in total. The molecule has 1 aromatic carbocycles. The molecule has 58 valence electrons.